The van der Waals surface area contributed by atoms with E-state index in [1.54, 1.807) is 7.05 Å². The van der Waals surface area contributed by atoms with Gasteiger partial charge in [0.1, 0.15) is 24.1 Å². The number of carboxylic acid groups (broad SMARTS) is 1. The Kier molecular flexibility index (Phi) is 7.57. The SMILES string of the molecule is CN1C[C@H](F)CC1(CN)COc1nc(N2CC3CCC(COCCC(=O)O)(C2)N3)c2cnc(Cl)c(F)c2n1. The molecule has 0 aromatic carbocycles. The number of likely N-dealkylation sites (N-methyl/N-ethyl adjacent to an activating group) is 1. The molecule has 3 saturated heterocycles. The molecule has 38 heavy (non-hydrogen) atoms. The Morgan fingerprint density at radius 1 is 1.37 bits per heavy atom. The molecule has 5 heterocycles. The third kappa shape index (κ3) is 5.22. The summed E-state index contributed by atoms with van der Waals surface area (Å²) in [5.41, 5.74) is 4.85. The van der Waals surface area contributed by atoms with Gasteiger partial charge in [-0.1, -0.05) is 11.6 Å². The molecule has 3 aliphatic rings. The number of aliphatic carboxylic acids is 1. The van der Waals surface area contributed by atoms with Gasteiger partial charge in [-0.05, 0) is 19.9 Å². The number of nitrogens with one attached hydrogen (secondary N) is 1. The van der Waals surface area contributed by atoms with Crippen molar-refractivity contribution >= 4 is 34.3 Å². The molecule has 3 unspecified atom stereocenters. The fourth-order valence-corrected chi connectivity index (χ4v) is 5.97. The van der Waals surface area contributed by atoms with E-state index < -0.39 is 29.0 Å². The number of alkyl halides is 1. The van der Waals surface area contributed by atoms with Crippen molar-refractivity contribution in [1.82, 2.24) is 25.2 Å². The van der Waals surface area contributed by atoms with Crippen LogP contribution in [0.1, 0.15) is 25.7 Å². The van der Waals surface area contributed by atoms with Gasteiger partial charge in [0, 0.05) is 44.8 Å². The molecule has 2 bridgehead atoms. The molecule has 3 aliphatic heterocycles. The minimum atomic E-state index is -1.02. The number of nitrogens with zero attached hydrogens (tertiary/aromatic N) is 5. The van der Waals surface area contributed by atoms with E-state index in [0.29, 0.717) is 30.9 Å². The Hall–Kier alpha value is -2.45. The largest absolute Gasteiger partial charge is 0.481 e. The van der Waals surface area contributed by atoms with E-state index >= 15 is 4.39 Å². The van der Waals surface area contributed by atoms with Crippen molar-refractivity contribution in [2.75, 3.05) is 57.9 Å². The highest BCUT2D eigenvalue weighted by molar-refractivity contribution is 6.30. The molecule has 3 fully saturated rings. The summed E-state index contributed by atoms with van der Waals surface area (Å²) in [5, 5.41) is 12.6. The van der Waals surface area contributed by atoms with Gasteiger partial charge >= 0.3 is 12.0 Å². The number of hydrogen-bond donors (Lipinski definition) is 3. The molecule has 5 rings (SSSR count). The van der Waals surface area contributed by atoms with E-state index in [0.717, 1.165) is 12.8 Å². The second-order valence-electron chi connectivity index (χ2n) is 10.6. The van der Waals surface area contributed by atoms with Gasteiger partial charge in [0.15, 0.2) is 11.0 Å². The Morgan fingerprint density at radius 2 is 2.18 bits per heavy atom. The predicted octanol–water partition coefficient (Wildman–Crippen LogP) is 1.37. The standard InChI is InChI=1S/C24H32ClF2N7O4/c1-33-8-14(26)6-24(33,10-28)13-38-22-30-19-16(7-29-20(25)18(19)27)21(31-22)34-9-15-2-4-23(11-34,32-15)12-37-5-3-17(35)36/h7,14-15,32H,2-6,8-13,28H2,1H3,(H,35,36)/t14-,15?,23?,24?/m1/s1. The van der Waals surface area contributed by atoms with Crippen LogP contribution in [-0.2, 0) is 9.53 Å². The molecule has 2 aromatic rings. The van der Waals surface area contributed by atoms with E-state index in [-0.39, 0.29) is 61.9 Å². The Morgan fingerprint density at radius 3 is 2.89 bits per heavy atom. The highest BCUT2D eigenvalue weighted by Crippen LogP contribution is 2.37. The molecule has 14 heteroatoms. The van der Waals surface area contributed by atoms with Crippen LogP contribution in [0.15, 0.2) is 6.20 Å². The zero-order chi connectivity index (χ0) is 27.1. The van der Waals surface area contributed by atoms with Gasteiger partial charge in [-0.15, -0.1) is 0 Å². The van der Waals surface area contributed by atoms with Crippen LogP contribution >= 0.6 is 11.6 Å². The number of hydrogen-bond acceptors (Lipinski definition) is 10. The summed E-state index contributed by atoms with van der Waals surface area (Å²) in [6, 6.07) is 0.0790. The molecule has 0 amide bonds. The summed E-state index contributed by atoms with van der Waals surface area (Å²) in [7, 11) is 1.79. The number of carboxylic acids is 1. The Bertz CT molecular complexity index is 1210. The van der Waals surface area contributed by atoms with Crippen LogP contribution in [0.25, 0.3) is 10.9 Å². The lowest BCUT2D eigenvalue weighted by atomic mass is 9.97. The summed E-state index contributed by atoms with van der Waals surface area (Å²) >= 11 is 5.98. The topological polar surface area (TPSA) is 139 Å². The van der Waals surface area contributed by atoms with Crippen molar-refractivity contribution in [3.63, 3.8) is 0 Å². The van der Waals surface area contributed by atoms with Gasteiger partial charge < -0.3 is 30.5 Å². The molecule has 0 spiro atoms. The van der Waals surface area contributed by atoms with Gasteiger partial charge in [0.25, 0.3) is 0 Å². The highest BCUT2D eigenvalue weighted by atomic mass is 35.5. The normalized spacial score (nSPS) is 29.3. The monoisotopic (exact) mass is 555 g/mol. The first-order valence-electron chi connectivity index (χ1n) is 12.7. The van der Waals surface area contributed by atoms with E-state index in [2.05, 4.69) is 20.3 Å². The van der Waals surface area contributed by atoms with Crippen LogP contribution in [-0.4, -0.2) is 107 Å². The Balaban J connectivity index is 1.44. The quantitative estimate of drug-likeness (QED) is 0.289. The van der Waals surface area contributed by atoms with Crippen LogP contribution in [0.3, 0.4) is 0 Å². The number of pyridine rings is 1. The fourth-order valence-electron chi connectivity index (χ4n) is 5.83. The number of anilines is 1. The minimum Gasteiger partial charge on any atom is -0.481 e. The van der Waals surface area contributed by atoms with Gasteiger partial charge in [-0.2, -0.15) is 9.97 Å². The van der Waals surface area contributed by atoms with Gasteiger partial charge in [-0.3, -0.25) is 9.69 Å². The maximum absolute atomic E-state index is 15.1. The average Bonchev–Trinajstić information content (AvgIpc) is 3.35. The first kappa shape index (κ1) is 27.1. The van der Waals surface area contributed by atoms with E-state index in [9.17, 15) is 9.18 Å². The number of nitrogens with two attached hydrogens (primary N) is 1. The van der Waals surface area contributed by atoms with Crippen molar-refractivity contribution in [2.45, 2.75) is 49.0 Å². The molecule has 0 radical (unpaired) electrons. The molecule has 0 saturated carbocycles. The molecule has 2 aromatic heterocycles. The van der Waals surface area contributed by atoms with E-state index in [1.807, 2.05) is 9.80 Å². The first-order chi connectivity index (χ1) is 18.1. The van der Waals surface area contributed by atoms with E-state index in [1.165, 1.54) is 6.20 Å². The number of rotatable bonds is 10. The second-order valence-corrected chi connectivity index (χ2v) is 10.9. The van der Waals surface area contributed by atoms with Crippen LogP contribution in [0.4, 0.5) is 14.6 Å². The predicted molar refractivity (Wildman–Crippen MR) is 136 cm³/mol. The number of likely N-dealkylation sites (tertiary alicyclic amines) is 1. The fraction of sp³-hybridized carbons (Fsp3) is 0.667. The maximum atomic E-state index is 15.1. The number of piperazine rings is 1. The van der Waals surface area contributed by atoms with Crippen molar-refractivity contribution in [3.05, 3.63) is 17.2 Å². The van der Waals surface area contributed by atoms with Crippen molar-refractivity contribution < 1.29 is 28.2 Å². The van der Waals surface area contributed by atoms with Gasteiger partial charge in [-0.25, -0.2) is 13.8 Å². The number of aromatic nitrogens is 3. The molecule has 4 atom stereocenters. The van der Waals surface area contributed by atoms with Crippen molar-refractivity contribution in [1.29, 1.82) is 0 Å². The number of carbonyl (C=O) groups is 1. The lowest BCUT2D eigenvalue weighted by molar-refractivity contribution is -0.138. The van der Waals surface area contributed by atoms with Crippen LogP contribution in [0, 0.1) is 5.82 Å². The molecule has 208 valence electrons. The molecular weight excluding hydrogens is 524 g/mol. The second kappa shape index (κ2) is 10.6. The summed E-state index contributed by atoms with van der Waals surface area (Å²) in [6.07, 6.45) is 2.30. The van der Waals surface area contributed by atoms with Gasteiger partial charge in [0.05, 0.1) is 36.1 Å². The zero-order valence-corrected chi connectivity index (χ0v) is 21.9. The lowest BCUT2D eigenvalue weighted by Gasteiger charge is -2.42. The maximum Gasteiger partial charge on any atom is 0.319 e. The zero-order valence-electron chi connectivity index (χ0n) is 21.1. The van der Waals surface area contributed by atoms with E-state index in [4.69, 9.17) is 31.9 Å². The summed E-state index contributed by atoms with van der Waals surface area (Å²) in [6.45, 7) is 2.00. The van der Waals surface area contributed by atoms with Crippen LogP contribution in [0.2, 0.25) is 5.15 Å². The van der Waals surface area contributed by atoms with Crippen LogP contribution < -0.4 is 20.7 Å². The lowest BCUT2D eigenvalue weighted by Crippen LogP contribution is -2.62. The number of halogens is 3. The highest BCUT2D eigenvalue weighted by Gasteiger charge is 2.46. The van der Waals surface area contributed by atoms with Gasteiger partial charge in [0.2, 0.25) is 0 Å². The average molecular weight is 556 g/mol. The summed E-state index contributed by atoms with van der Waals surface area (Å²) in [4.78, 5) is 27.7. The number of fused-ring (bicyclic) bond motifs is 3. The summed E-state index contributed by atoms with van der Waals surface area (Å²) in [5.74, 6) is -1.25. The van der Waals surface area contributed by atoms with Crippen LogP contribution in [0.5, 0.6) is 6.01 Å². The van der Waals surface area contributed by atoms with Crippen molar-refractivity contribution in [3.8, 4) is 6.01 Å². The molecule has 11 nitrogen and oxygen atoms in total. The molecule has 4 N–H and O–H groups in total. The third-order valence-electron chi connectivity index (χ3n) is 7.89. The number of ether oxygens (including phenoxy) is 2. The minimum absolute atomic E-state index is 0.0208. The molecular formula is C24H32ClF2N7O4. The third-order valence-corrected chi connectivity index (χ3v) is 8.15. The summed E-state index contributed by atoms with van der Waals surface area (Å²) < 4.78 is 40.9. The van der Waals surface area contributed by atoms with Crippen molar-refractivity contribution in [2.24, 2.45) is 5.73 Å². The first-order valence-corrected chi connectivity index (χ1v) is 13.0. The smallest absolute Gasteiger partial charge is 0.319 e. The molecule has 0 aliphatic carbocycles. The Labute approximate surface area is 223 Å².